The van der Waals surface area contributed by atoms with Gasteiger partial charge in [-0.05, 0) is 31.7 Å². The van der Waals surface area contributed by atoms with Crippen LogP contribution in [-0.2, 0) is 10.8 Å². The van der Waals surface area contributed by atoms with Crippen molar-refractivity contribution in [3.05, 3.63) is 23.3 Å². The number of rotatable bonds is 5. The lowest BCUT2D eigenvalue weighted by molar-refractivity contribution is -0.141. The maximum absolute atomic E-state index is 12.9. The highest BCUT2D eigenvalue weighted by Crippen LogP contribution is 2.61. The molecule has 0 heterocycles. The molecule has 2 saturated carbocycles. The first-order valence-corrected chi connectivity index (χ1v) is 7.95. The van der Waals surface area contributed by atoms with Crippen LogP contribution in [0.3, 0.4) is 0 Å². The van der Waals surface area contributed by atoms with Gasteiger partial charge in [0, 0.05) is 28.0 Å². The van der Waals surface area contributed by atoms with Crippen LogP contribution in [0.5, 0.6) is 11.5 Å². The summed E-state index contributed by atoms with van der Waals surface area (Å²) in [5, 5.41) is 10.2. The number of phenolic OH excluding ortho intramolecular Hbond substituents is 1. The van der Waals surface area contributed by atoms with Crippen molar-refractivity contribution in [2.24, 2.45) is 0 Å². The van der Waals surface area contributed by atoms with Crippen molar-refractivity contribution in [2.45, 2.75) is 61.7 Å². The quantitative estimate of drug-likeness (QED) is 0.708. The van der Waals surface area contributed by atoms with Crippen LogP contribution in [-0.4, -0.2) is 24.6 Å². The molecule has 3 rings (SSSR count). The van der Waals surface area contributed by atoms with Crippen molar-refractivity contribution in [1.82, 2.24) is 0 Å². The molecule has 0 atom stereocenters. The van der Waals surface area contributed by atoms with Crippen molar-refractivity contribution < 1.29 is 36.2 Å². The third-order valence-electron chi connectivity index (χ3n) is 5.25. The summed E-state index contributed by atoms with van der Waals surface area (Å²) < 4.78 is 82.5. The van der Waals surface area contributed by atoms with Gasteiger partial charge in [0.2, 0.25) is 0 Å². The Labute approximate surface area is 140 Å². The second-order valence-corrected chi connectivity index (χ2v) is 7.21. The predicted octanol–water partition coefficient (Wildman–Crippen LogP) is 5.37. The number of alkyl halides is 6. The average molecular weight is 368 g/mol. The maximum Gasteiger partial charge on any atom is 0.389 e. The first-order valence-electron chi connectivity index (χ1n) is 7.95. The molecule has 2 aliphatic carbocycles. The Bertz CT molecular complexity index is 669. The fraction of sp³-hybridized carbons (Fsp3) is 0.647. The number of halogens is 6. The van der Waals surface area contributed by atoms with E-state index in [4.69, 9.17) is 4.74 Å². The largest absolute Gasteiger partial charge is 0.508 e. The maximum atomic E-state index is 12.9. The van der Waals surface area contributed by atoms with Gasteiger partial charge in [-0.25, -0.2) is 0 Å². The standard InChI is InChI=1S/C17H18F6O2/c1-25-13-7-12(24)10(14(2-3-14)8-16(18,19)20)6-11(13)15(4-5-15)9-17(21,22)23/h6-7,24H,2-5,8-9H2,1H3. The molecule has 0 radical (unpaired) electrons. The highest BCUT2D eigenvalue weighted by Gasteiger charge is 2.56. The van der Waals surface area contributed by atoms with Gasteiger partial charge >= 0.3 is 12.4 Å². The molecular weight excluding hydrogens is 350 g/mol. The number of ether oxygens (including phenoxy) is 1. The molecule has 140 valence electrons. The molecule has 1 aromatic carbocycles. The highest BCUT2D eigenvalue weighted by molar-refractivity contribution is 5.55. The molecule has 2 nitrogen and oxygen atoms in total. The zero-order valence-electron chi connectivity index (χ0n) is 13.5. The van der Waals surface area contributed by atoms with Gasteiger partial charge in [-0.15, -0.1) is 0 Å². The van der Waals surface area contributed by atoms with E-state index in [0.717, 1.165) is 6.07 Å². The summed E-state index contributed by atoms with van der Waals surface area (Å²) in [6.45, 7) is 0. The Morgan fingerprint density at radius 2 is 1.32 bits per heavy atom. The monoisotopic (exact) mass is 368 g/mol. The van der Waals surface area contributed by atoms with E-state index in [2.05, 4.69) is 0 Å². The Balaban J connectivity index is 2.03. The van der Waals surface area contributed by atoms with Gasteiger partial charge in [0.25, 0.3) is 0 Å². The van der Waals surface area contributed by atoms with E-state index in [1.807, 2.05) is 0 Å². The number of hydrogen-bond acceptors (Lipinski definition) is 2. The Kier molecular flexibility index (Phi) is 3.96. The Hall–Kier alpha value is -1.60. The Morgan fingerprint density at radius 1 is 0.880 bits per heavy atom. The third kappa shape index (κ3) is 3.67. The number of benzene rings is 1. The zero-order chi connectivity index (χ0) is 18.7. The summed E-state index contributed by atoms with van der Waals surface area (Å²) in [6.07, 6.45) is -9.86. The predicted molar refractivity (Wildman–Crippen MR) is 77.8 cm³/mol. The van der Waals surface area contributed by atoms with Gasteiger partial charge in [0.1, 0.15) is 11.5 Å². The van der Waals surface area contributed by atoms with E-state index in [-0.39, 0.29) is 35.5 Å². The van der Waals surface area contributed by atoms with E-state index in [9.17, 15) is 31.4 Å². The van der Waals surface area contributed by atoms with E-state index in [0.29, 0.717) is 12.8 Å². The number of hydrogen-bond donors (Lipinski definition) is 1. The van der Waals surface area contributed by atoms with E-state index < -0.39 is 36.0 Å². The lowest BCUT2D eigenvalue weighted by Crippen LogP contribution is -2.22. The summed E-state index contributed by atoms with van der Waals surface area (Å²) in [7, 11) is 1.27. The van der Waals surface area contributed by atoms with E-state index in [1.165, 1.54) is 13.2 Å². The van der Waals surface area contributed by atoms with Gasteiger partial charge in [-0.3, -0.25) is 0 Å². The second-order valence-electron chi connectivity index (χ2n) is 7.21. The molecule has 0 bridgehead atoms. The van der Waals surface area contributed by atoms with Crippen molar-refractivity contribution in [1.29, 1.82) is 0 Å². The molecule has 8 heteroatoms. The number of methoxy groups -OCH3 is 1. The molecule has 25 heavy (non-hydrogen) atoms. The molecule has 0 aliphatic heterocycles. The van der Waals surface area contributed by atoms with Crippen molar-refractivity contribution >= 4 is 0 Å². The van der Waals surface area contributed by atoms with Gasteiger partial charge in [0.05, 0.1) is 20.0 Å². The molecule has 1 aromatic rings. The molecule has 2 fully saturated rings. The molecule has 0 saturated heterocycles. The molecule has 0 aromatic heterocycles. The van der Waals surface area contributed by atoms with Crippen LogP contribution < -0.4 is 4.74 Å². The van der Waals surface area contributed by atoms with Crippen LogP contribution in [0.2, 0.25) is 0 Å². The fourth-order valence-corrected chi connectivity index (χ4v) is 3.73. The summed E-state index contributed by atoms with van der Waals surface area (Å²) in [4.78, 5) is 0. The number of phenols is 1. The van der Waals surface area contributed by atoms with Crippen molar-refractivity contribution in [3.63, 3.8) is 0 Å². The Morgan fingerprint density at radius 3 is 1.68 bits per heavy atom. The summed E-state index contributed by atoms with van der Waals surface area (Å²) >= 11 is 0. The summed E-state index contributed by atoms with van der Waals surface area (Å²) in [6, 6.07) is 2.46. The molecule has 0 spiro atoms. The molecule has 2 aliphatic rings. The van der Waals surface area contributed by atoms with Crippen molar-refractivity contribution in [3.8, 4) is 11.5 Å². The molecular formula is C17H18F6O2. The minimum Gasteiger partial charge on any atom is -0.508 e. The fourth-order valence-electron chi connectivity index (χ4n) is 3.73. The van der Waals surface area contributed by atoms with Gasteiger partial charge in [0.15, 0.2) is 0 Å². The molecule has 1 N–H and O–H groups in total. The van der Waals surface area contributed by atoms with E-state index >= 15 is 0 Å². The van der Waals surface area contributed by atoms with Gasteiger partial charge in [-0.2, -0.15) is 26.3 Å². The van der Waals surface area contributed by atoms with Crippen LogP contribution in [0, 0.1) is 0 Å². The van der Waals surface area contributed by atoms with E-state index in [1.54, 1.807) is 0 Å². The first-order chi connectivity index (χ1) is 11.4. The smallest absolute Gasteiger partial charge is 0.389 e. The molecule has 0 amide bonds. The van der Waals surface area contributed by atoms with Crippen LogP contribution >= 0.6 is 0 Å². The van der Waals surface area contributed by atoms with Crippen LogP contribution in [0.25, 0.3) is 0 Å². The topological polar surface area (TPSA) is 29.5 Å². The van der Waals surface area contributed by atoms with Gasteiger partial charge < -0.3 is 9.84 Å². The zero-order valence-corrected chi connectivity index (χ0v) is 13.5. The normalized spacial score (nSPS) is 21.1. The summed E-state index contributed by atoms with van der Waals surface area (Å²) in [5.74, 6) is -0.268. The minimum absolute atomic E-state index is 0.0778. The highest BCUT2D eigenvalue weighted by atomic mass is 19.4. The lowest BCUT2D eigenvalue weighted by Gasteiger charge is -2.25. The summed E-state index contributed by atoms with van der Waals surface area (Å²) in [5.41, 5.74) is -2.08. The second kappa shape index (κ2) is 5.45. The molecule has 0 unspecified atom stereocenters. The van der Waals surface area contributed by atoms with Crippen LogP contribution in [0.15, 0.2) is 12.1 Å². The first kappa shape index (κ1) is 18.2. The average Bonchev–Trinajstić information content (AvgIpc) is 3.34. The SMILES string of the molecule is COc1cc(O)c(C2(CC(F)(F)F)CC2)cc1C1(CC(F)(F)F)CC1. The van der Waals surface area contributed by atoms with Gasteiger partial charge in [-0.1, -0.05) is 0 Å². The van der Waals surface area contributed by atoms with Crippen LogP contribution in [0.1, 0.15) is 49.7 Å². The van der Waals surface area contributed by atoms with Crippen molar-refractivity contribution in [2.75, 3.05) is 7.11 Å². The number of aromatic hydroxyl groups is 1. The lowest BCUT2D eigenvalue weighted by atomic mass is 9.84. The minimum atomic E-state index is -4.41. The van der Waals surface area contributed by atoms with Crippen LogP contribution in [0.4, 0.5) is 26.3 Å². The third-order valence-corrected chi connectivity index (χ3v) is 5.25.